The highest BCUT2D eigenvalue weighted by atomic mass is 35.5. The second-order valence-electron chi connectivity index (χ2n) is 6.36. The number of carbonyl (C=O) groups is 2. The number of anilines is 1. The van der Waals surface area contributed by atoms with Crippen LogP contribution in [0.5, 0.6) is 0 Å². The molecule has 3 aromatic rings. The van der Waals surface area contributed by atoms with E-state index in [0.29, 0.717) is 21.3 Å². The van der Waals surface area contributed by atoms with Gasteiger partial charge in [-0.3, -0.25) is 9.59 Å². The fourth-order valence-electron chi connectivity index (χ4n) is 2.79. The van der Waals surface area contributed by atoms with Gasteiger partial charge in [-0.25, -0.2) is 0 Å². The molecule has 2 amide bonds. The Morgan fingerprint density at radius 3 is 2.32 bits per heavy atom. The maximum absolute atomic E-state index is 13.1. The Hall–Kier alpha value is -2.28. The normalized spacial score (nSPS) is 10.8. The number of hydrogen-bond acceptors (Lipinski definition) is 3. The number of amides is 2. The average molecular weight is 436 g/mol. The minimum absolute atomic E-state index is 0.125. The van der Waals surface area contributed by atoms with Crippen molar-refractivity contribution in [2.24, 2.45) is 0 Å². The Morgan fingerprint density at radius 2 is 1.71 bits per heavy atom. The summed E-state index contributed by atoms with van der Waals surface area (Å²) >= 11 is 13.7. The molecule has 0 bridgehead atoms. The molecule has 28 heavy (non-hydrogen) atoms. The highest BCUT2D eigenvalue weighted by molar-refractivity contribution is 7.15. The third kappa shape index (κ3) is 4.09. The number of aromatic nitrogens is 1. The molecule has 0 saturated carbocycles. The average Bonchev–Trinajstić information content (AvgIpc) is 3.27. The number of benzene rings is 1. The maximum atomic E-state index is 13.1. The van der Waals surface area contributed by atoms with Crippen molar-refractivity contribution in [2.75, 3.05) is 18.9 Å². The predicted molar refractivity (Wildman–Crippen MR) is 115 cm³/mol. The molecule has 3 rings (SSSR count). The first-order valence-corrected chi connectivity index (χ1v) is 10.1. The van der Waals surface area contributed by atoms with Gasteiger partial charge in [0.15, 0.2) is 0 Å². The third-order valence-corrected chi connectivity index (χ3v) is 6.22. The lowest BCUT2D eigenvalue weighted by Crippen LogP contribution is -2.35. The van der Waals surface area contributed by atoms with Gasteiger partial charge in [-0.1, -0.05) is 29.3 Å². The smallest absolute Gasteiger partial charge is 0.257 e. The van der Waals surface area contributed by atoms with Crippen molar-refractivity contribution in [2.45, 2.75) is 13.8 Å². The topological polar surface area (TPSA) is 54.3 Å². The van der Waals surface area contributed by atoms with E-state index >= 15 is 0 Å². The molecule has 0 spiro atoms. The second kappa shape index (κ2) is 8.39. The molecule has 0 radical (unpaired) electrons. The first-order chi connectivity index (χ1) is 13.3. The van der Waals surface area contributed by atoms with E-state index in [1.54, 1.807) is 36.6 Å². The van der Waals surface area contributed by atoms with E-state index in [-0.39, 0.29) is 18.4 Å². The van der Waals surface area contributed by atoms with Crippen LogP contribution in [-0.4, -0.2) is 34.9 Å². The molecule has 1 N–H and O–H groups in total. The Balaban J connectivity index is 1.79. The van der Waals surface area contributed by atoms with E-state index < -0.39 is 0 Å². The van der Waals surface area contributed by atoms with Crippen LogP contribution in [-0.2, 0) is 4.79 Å². The Bertz CT molecular complexity index is 1010. The standard InChI is InChI=1S/C20H19Cl2N3O2S/c1-12-13(2)28-20(25-9-4-5-10-25)17(12)19(27)24(3)11-16(26)23-18-14(21)7-6-8-15(18)22/h4-10H,11H2,1-3H3,(H,23,26). The summed E-state index contributed by atoms with van der Waals surface area (Å²) in [4.78, 5) is 28.0. The van der Waals surface area contributed by atoms with Crippen molar-refractivity contribution < 1.29 is 9.59 Å². The van der Waals surface area contributed by atoms with Crippen LogP contribution in [0, 0.1) is 13.8 Å². The number of rotatable bonds is 5. The number of carbonyl (C=O) groups excluding carboxylic acids is 2. The van der Waals surface area contributed by atoms with E-state index in [0.717, 1.165) is 15.4 Å². The molecule has 2 heterocycles. The van der Waals surface area contributed by atoms with E-state index in [2.05, 4.69) is 5.32 Å². The summed E-state index contributed by atoms with van der Waals surface area (Å²) in [5.41, 5.74) is 1.86. The molecule has 0 atom stereocenters. The van der Waals surface area contributed by atoms with E-state index in [1.807, 2.05) is 42.9 Å². The molecule has 0 aliphatic heterocycles. The number of halogens is 2. The molecule has 0 fully saturated rings. The van der Waals surface area contributed by atoms with Gasteiger partial charge in [0.05, 0.1) is 27.8 Å². The number of para-hydroxylation sites is 1. The molecule has 0 saturated heterocycles. The Labute approximate surface area is 177 Å². The highest BCUT2D eigenvalue weighted by Crippen LogP contribution is 2.32. The monoisotopic (exact) mass is 435 g/mol. The lowest BCUT2D eigenvalue weighted by molar-refractivity contribution is -0.116. The van der Waals surface area contributed by atoms with Crippen molar-refractivity contribution >= 4 is 52.0 Å². The molecule has 0 aliphatic rings. The van der Waals surface area contributed by atoms with Gasteiger partial charge in [0.2, 0.25) is 5.91 Å². The Kier molecular flexibility index (Phi) is 6.13. The van der Waals surface area contributed by atoms with Crippen molar-refractivity contribution in [3.8, 4) is 5.00 Å². The predicted octanol–water partition coefficient (Wildman–Crippen LogP) is 5.17. The Morgan fingerprint density at radius 1 is 1.11 bits per heavy atom. The van der Waals surface area contributed by atoms with Crippen LogP contribution in [0.1, 0.15) is 20.8 Å². The lowest BCUT2D eigenvalue weighted by atomic mass is 10.1. The number of nitrogens with zero attached hydrogens (tertiary/aromatic N) is 2. The second-order valence-corrected chi connectivity index (χ2v) is 8.38. The molecule has 1 aromatic carbocycles. The van der Waals surface area contributed by atoms with Crippen molar-refractivity contribution in [1.29, 1.82) is 0 Å². The SMILES string of the molecule is Cc1sc(-n2cccc2)c(C(=O)N(C)CC(=O)Nc2c(Cl)cccc2Cl)c1C. The van der Waals surface area contributed by atoms with Gasteiger partial charge in [0, 0.05) is 24.3 Å². The zero-order valence-electron chi connectivity index (χ0n) is 15.6. The molecule has 0 aliphatic carbocycles. The van der Waals surface area contributed by atoms with Crippen LogP contribution >= 0.6 is 34.5 Å². The largest absolute Gasteiger partial charge is 0.332 e. The van der Waals surface area contributed by atoms with Gasteiger partial charge in [-0.2, -0.15) is 0 Å². The minimum Gasteiger partial charge on any atom is -0.332 e. The summed E-state index contributed by atoms with van der Waals surface area (Å²) in [6, 6.07) is 8.78. The highest BCUT2D eigenvalue weighted by Gasteiger charge is 2.24. The van der Waals surface area contributed by atoms with Crippen LogP contribution in [0.25, 0.3) is 5.00 Å². The number of hydrogen-bond donors (Lipinski definition) is 1. The lowest BCUT2D eigenvalue weighted by Gasteiger charge is -2.18. The third-order valence-electron chi connectivity index (χ3n) is 4.37. The molecule has 0 unspecified atom stereocenters. The van der Waals surface area contributed by atoms with Crippen molar-refractivity contribution in [3.05, 3.63) is 68.8 Å². The molecule has 2 aromatic heterocycles. The van der Waals surface area contributed by atoms with E-state index in [4.69, 9.17) is 23.2 Å². The fraction of sp³-hybridized carbons (Fsp3) is 0.200. The number of likely N-dealkylation sites (N-methyl/N-ethyl adjacent to an activating group) is 1. The summed E-state index contributed by atoms with van der Waals surface area (Å²) in [7, 11) is 1.60. The first-order valence-electron chi connectivity index (χ1n) is 8.52. The number of aryl methyl sites for hydroxylation is 1. The van der Waals surface area contributed by atoms with Crippen LogP contribution in [0.2, 0.25) is 10.0 Å². The fourth-order valence-corrected chi connectivity index (χ4v) is 4.39. The summed E-state index contributed by atoms with van der Waals surface area (Å²) in [5, 5.41) is 4.20. The summed E-state index contributed by atoms with van der Waals surface area (Å²) < 4.78 is 1.91. The van der Waals surface area contributed by atoms with Gasteiger partial charge < -0.3 is 14.8 Å². The van der Waals surface area contributed by atoms with Gasteiger partial charge >= 0.3 is 0 Å². The van der Waals surface area contributed by atoms with E-state index in [1.165, 1.54) is 4.90 Å². The summed E-state index contributed by atoms with van der Waals surface area (Å²) in [6.45, 7) is 3.78. The first kappa shape index (κ1) is 20.5. The minimum atomic E-state index is -0.377. The molecule has 8 heteroatoms. The number of nitrogens with one attached hydrogen (secondary N) is 1. The van der Waals surface area contributed by atoms with Gasteiger partial charge in [-0.05, 0) is 43.7 Å². The molecule has 146 valence electrons. The van der Waals surface area contributed by atoms with Crippen LogP contribution < -0.4 is 5.32 Å². The molecule has 5 nitrogen and oxygen atoms in total. The van der Waals surface area contributed by atoms with Crippen molar-refractivity contribution in [1.82, 2.24) is 9.47 Å². The van der Waals surface area contributed by atoms with Crippen LogP contribution in [0.3, 0.4) is 0 Å². The zero-order valence-corrected chi connectivity index (χ0v) is 18.0. The van der Waals surface area contributed by atoms with Crippen LogP contribution in [0.15, 0.2) is 42.7 Å². The van der Waals surface area contributed by atoms with E-state index in [9.17, 15) is 9.59 Å². The molecular weight excluding hydrogens is 417 g/mol. The summed E-state index contributed by atoms with van der Waals surface area (Å²) in [5.74, 6) is -0.594. The maximum Gasteiger partial charge on any atom is 0.257 e. The van der Waals surface area contributed by atoms with Gasteiger partial charge in [0.25, 0.3) is 5.91 Å². The number of thiophene rings is 1. The van der Waals surface area contributed by atoms with Gasteiger partial charge in [-0.15, -0.1) is 11.3 Å². The molecular formula is C20H19Cl2N3O2S. The van der Waals surface area contributed by atoms with Crippen LogP contribution in [0.4, 0.5) is 5.69 Å². The zero-order chi connectivity index (χ0) is 20.4. The quantitative estimate of drug-likeness (QED) is 0.600. The van der Waals surface area contributed by atoms with Gasteiger partial charge in [0.1, 0.15) is 5.00 Å². The summed E-state index contributed by atoms with van der Waals surface area (Å²) in [6.07, 6.45) is 3.79. The van der Waals surface area contributed by atoms with Crippen molar-refractivity contribution in [3.63, 3.8) is 0 Å².